The Balaban J connectivity index is 1.39. The lowest BCUT2D eigenvalue weighted by atomic mass is 9.74. The van der Waals surface area contributed by atoms with Gasteiger partial charge < -0.3 is 15.0 Å². The average molecular weight is 405 g/mol. The number of hydrogen-bond acceptors (Lipinski definition) is 4. The highest BCUT2D eigenvalue weighted by Crippen LogP contribution is 2.44. The van der Waals surface area contributed by atoms with Crippen LogP contribution in [0.1, 0.15) is 35.4 Å². The number of aromatic amines is 1. The van der Waals surface area contributed by atoms with Gasteiger partial charge in [-0.2, -0.15) is 0 Å². The molecule has 2 aromatic carbocycles. The summed E-state index contributed by atoms with van der Waals surface area (Å²) in [6.45, 7) is 3.25. The largest absolute Gasteiger partial charge is 0.496 e. The first-order valence-electron chi connectivity index (χ1n) is 10.7. The molecule has 3 atom stereocenters. The highest BCUT2D eigenvalue weighted by Gasteiger charge is 2.40. The molecule has 2 N–H and O–H groups in total. The highest BCUT2D eigenvalue weighted by molar-refractivity contribution is 5.80. The van der Waals surface area contributed by atoms with Gasteiger partial charge in [0.1, 0.15) is 5.75 Å². The van der Waals surface area contributed by atoms with Crippen LogP contribution in [0.3, 0.4) is 0 Å². The Morgan fingerprint density at radius 1 is 1.17 bits per heavy atom. The highest BCUT2D eigenvalue weighted by atomic mass is 16.5. The maximum Gasteiger partial charge on any atom is 0.328 e. The van der Waals surface area contributed by atoms with Crippen molar-refractivity contribution in [1.29, 1.82) is 0 Å². The number of aryl methyl sites for hydroxylation is 1. The first kappa shape index (κ1) is 19.1. The number of nitrogens with zero attached hydrogens (tertiary/aromatic N) is 1. The lowest BCUT2D eigenvalue weighted by molar-refractivity contribution is 0.337. The molecule has 3 aromatic rings. The van der Waals surface area contributed by atoms with Crippen LogP contribution in [0, 0.1) is 12.8 Å². The first-order valence-corrected chi connectivity index (χ1v) is 10.7. The van der Waals surface area contributed by atoms with E-state index in [9.17, 15) is 9.59 Å². The number of fused-ring (bicyclic) bond motifs is 4. The summed E-state index contributed by atoms with van der Waals surface area (Å²) in [5.41, 5.74) is 3.74. The van der Waals surface area contributed by atoms with Gasteiger partial charge in [0.2, 0.25) is 0 Å². The third kappa shape index (κ3) is 2.98. The van der Waals surface area contributed by atoms with Gasteiger partial charge in [-0.05, 0) is 60.9 Å². The van der Waals surface area contributed by atoms with Crippen molar-refractivity contribution in [2.75, 3.05) is 13.7 Å². The van der Waals surface area contributed by atoms with Gasteiger partial charge in [-0.1, -0.05) is 24.3 Å². The number of para-hydroxylation sites is 1. The molecule has 0 amide bonds. The van der Waals surface area contributed by atoms with Gasteiger partial charge >= 0.3 is 5.69 Å². The van der Waals surface area contributed by atoms with E-state index < -0.39 is 0 Å². The van der Waals surface area contributed by atoms with Gasteiger partial charge in [0.25, 0.3) is 5.56 Å². The maximum atomic E-state index is 12.9. The van der Waals surface area contributed by atoms with E-state index in [0.29, 0.717) is 35.3 Å². The molecule has 0 saturated carbocycles. The van der Waals surface area contributed by atoms with Crippen LogP contribution in [0.25, 0.3) is 10.9 Å². The molecule has 30 heavy (non-hydrogen) atoms. The zero-order valence-electron chi connectivity index (χ0n) is 17.4. The summed E-state index contributed by atoms with van der Waals surface area (Å²) in [6, 6.07) is 12.2. The summed E-state index contributed by atoms with van der Waals surface area (Å²) < 4.78 is 6.92. The second-order valence-electron chi connectivity index (χ2n) is 8.52. The smallest absolute Gasteiger partial charge is 0.328 e. The average Bonchev–Trinajstić information content (AvgIpc) is 3.17. The molecular formula is C24H27N3O3. The van der Waals surface area contributed by atoms with Gasteiger partial charge in [0, 0.05) is 25.0 Å². The molecule has 2 aliphatic rings. The van der Waals surface area contributed by atoms with E-state index in [1.54, 1.807) is 13.2 Å². The molecule has 1 fully saturated rings. The van der Waals surface area contributed by atoms with E-state index in [2.05, 4.69) is 22.4 Å². The standard InChI is InChI=1S/C24H27N3O3/c1-14-5-3-7-18-22(14)26-24(29)27(23(18)28)12-11-20-16-9-10-17-15(19(16)13-25-20)6-4-8-21(17)30-2/h3-8,16,19-20,25H,9-13H2,1-2H3,(H,26,29)/t16-,19+,20?/m1/s1. The number of nitrogens with one attached hydrogen (secondary N) is 2. The number of aromatic nitrogens is 2. The van der Waals surface area contributed by atoms with Crippen LogP contribution in [0.15, 0.2) is 46.0 Å². The second kappa shape index (κ2) is 7.43. The topological polar surface area (TPSA) is 76.1 Å². The summed E-state index contributed by atoms with van der Waals surface area (Å²) in [4.78, 5) is 28.4. The van der Waals surface area contributed by atoms with Crippen LogP contribution >= 0.6 is 0 Å². The molecule has 1 aromatic heterocycles. The monoisotopic (exact) mass is 405 g/mol. The van der Waals surface area contributed by atoms with Crippen molar-refractivity contribution >= 4 is 10.9 Å². The van der Waals surface area contributed by atoms with Crippen molar-refractivity contribution in [3.8, 4) is 5.75 Å². The lowest BCUT2D eigenvalue weighted by Crippen LogP contribution is -2.38. The van der Waals surface area contributed by atoms with Crippen LogP contribution in [-0.2, 0) is 13.0 Å². The van der Waals surface area contributed by atoms with Gasteiger partial charge in [-0.25, -0.2) is 4.79 Å². The number of hydrogen-bond donors (Lipinski definition) is 2. The van der Waals surface area contributed by atoms with Crippen LogP contribution < -0.4 is 21.3 Å². The zero-order valence-corrected chi connectivity index (χ0v) is 17.4. The number of benzene rings is 2. The summed E-state index contributed by atoms with van der Waals surface area (Å²) in [5.74, 6) is 1.96. The van der Waals surface area contributed by atoms with Crippen molar-refractivity contribution in [3.63, 3.8) is 0 Å². The molecule has 156 valence electrons. The molecule has 1 unspecified atom stereocenters. The summed E-state index contributed by atoms with van der Waals surface area (Å²) in [7, 11) is 1.73. The van der Waals surface area contributed by atoms with Crippen molar-refractivity contribution in [2.45, 2.75) is 44.7 Å². The molecular weight excluding hydrogens is 378 g/mol. The maximum absolute atomic E-state index is 12.9. The summed E-state index contributed by atoms with van der Waals surface area (Å²) in [6.07, 6.45) is 2.87. The van der Waals surface area contributed by atoms with E-state index >= 15 is 0 Å². The van der Waals surface area contributed by atoms with Crippen LogP contribution in [-0.4, -0.2) is 29.2 Å². The minimum atomic E-state index is -0.324. The van der Waals surface area contributed by atoms with Crippen molar-refractivity contribution < 1.29 is 4.74 Å². The molecule has 1 saturated heterocycles. The van der Waals surface area contributed by atoms with E-state index in [0.717, 1.165) is 37.1 Å². The predicted octanol–water partition coefficient (Wildman–Crippen LogP) is 2.71. The SMILES string of the molecule is COc1cccc2c1CC[C@H]1C(CCn3c(=O)[nH]c4c(C)cccc4c3=O)NC[C@@H]21. The Bertz CT molecular complexity index is 1230. The third-order valence-electron chi connectivity index (χ3n) is 7.04. The van der Waals surface area contributed by atoms with E-state index in [1.807, 2.05) is 25.1 Å². The van der Waals surface area contributed by atoms with Gasteiger partial charge in [0.15, 0.2) is 0 Å². The second-order valence-corrected chi connectivity index (χ2v) is 8.52. The Morgan fingerprint density at radius 3 is 2.83 bits per heavy atom. The lowest BCUT2D eigenvalue weighted by Gasteiger charge is -2.31. The van der Waals surface area contributed by atoms with Crippen LogP contribution in [0.5, 0.6) is 5.75 Å². The summed E-state index contributed by atoms with van der Waals surface area (Å²) >= 11 is 0. The molecule has 2 heterocycles. The number of methoxy groups -OCH3 is 1. The van der Waals surface area contributed by atoms with E-state index in [4.69, 9.17) is 4.74 Å². The van der Waals surface area contributed by atoms with E-state index in [-0.39, 0.29) is 11.2 Å². The molecule has 5 rings (SSSR count). The van der Waals surface area contributed by atoms with Crippen molar-refractivity contribution in [1.82, 2.24) is 14.9 Å². The first-order chi connectivity index (χ1) is 14.6. The molecule has 1 aliphatic carbocycles. The third-order valence-corrected chi connectivity index (χ3v) is 7.04. The van der Waals surface area contributed by atoms with Gasteiger partial charge in [-0.3, -0.25) is 9.36 Å². The fraction of sp³-hybridized carbons (Fsp3) is 0.417. The van der Waals surface area contributed by atoms with Gasteiger partial charge in [-0.15, -0.1) is 0 Å². The molecule has 6 nitrogen and oxygen atoms in total. The molecule has 0 spiro atoms. The fourth-order valence-electron chi connectivity index (χ4n) is 5.52. The van der Waals surface area contributed by atoms with Crippen LogP contribution in [0.2, 0.25) is 0 Å². The van der Waals surface area contributed by atoms with Crippen LogP contribution in [0.4, 0.5) is 0 Å². The summed E-state index contributed by atoms with van der Waals surface area (Å²) in [5, 5.41) is 4.24. The van der Waals surface area contributed by atoms with Crippen molar-refractivity contribution in [2.24, 2.45) is 5.92 Å². The molecule has 1 aliphatic heterocycles. The minimum Gasteiger partial charge on any atom is -0.496 e. The molecule has 6 heteroatoms. The van der Waals surface area contributed by atoms with Gasteiger partial charge in [0.05, 0.1) is 18.0 Å². The normalized spacial score (nSPS) is 22.7. The van der Waals surface area contributed by atoms with E-state index in [1.165, 1.54) is 15.7 Å². The predicted molar refractivity (Wildman–Crippen MR) is 118 cm³/mol. The number of rotatable bonds is 4. The Morgan fingerprint density at radius 2 is 2.00 bits per heavy atom. The Kier molecular flexibility index (Phi) is 4.74. The minimum absolute atomic E-state index is 0.203. The zero-order chi connectivity index (χ0) is 20.8. The number of H-pyrrole nitrogens is 1. The Hall–Kier alpha value is -2.86. The fourth-order valence-corrected chi connectivity index (χ4v) is 5.52. The molecule has 0 bridgehead atoms. The quantitative estimate of drug-likeness (QED) is 0.700. The van der Waals surface area contributed by atoms with Crippen molar-refractivity contribution in [3.05, 3.63) is 73.9 Å². The Labute approximate surface area is 174 Å². The number of ether oxygens (including phenoxy) is 1. The molecule has 0 radical (unpaired) electrons.